The highest BCUT2D eigenvalue weighted by atomic mass is 16.4. The number of carboxylic acids is 2. The molecule has 1 aromatic heterocycles. The zero-order chi connectivity index (χ0) is 29.3. The number of para-hydroxylation sites is 1. The van der Waals surface area contributed by atoms with E-state index in [4.69, 9.17) is 10.8 Å². The topological polar surface area (TPSA) is 224 Å². The van der Waals surface area contributed by atoms with E-state index in [1.807, 2.05) is 25.1 Å². The maximum atomic E-state index is 13.4. The maximum absolute atomic E-state index is 13.4. The van der Waals surface area contributed by atoms with Gasteiger partial charge in [0.25, 0.3) is 0 Å². The van der Waals surface area contributed by atoms with Crippen molar-refractivity contribution in [2.24, 2.45) is 11.7 Å². The first-order valence-corrected chi connectivity index (χ1v) is 12.7. The molecule has 0 spiro atoms. The molecule has 0 bridgehead atoms. The van der Waals surface area contributed by atoms with Gasteiger partial charge in [-0.3, -0.25) is 19.2 Å². The Morgan fingerprint density at radius 1 is 0.949 bits per heavy atom. The van der Waals surface area contributed by atoms with Crippen molar-refractivity contribution in [1.82, 2.24) is 20.9 Å². The number of rotatable bonds is 15. The van der Waals surface area contributed by atoms with Crippen LogP contribution < -0.4 is 21.7 Å². The quantitative estimate of drug-likeness (QED) is 0.148. The van der Waals surface area contributed by atoms with Gasteiger partial charge in [-0.15, -0.1) is 0 Å². The number of hydrogen-bond acceptors (Lipinski definition) is 7. The summed E-state index contributed by atoms with van der Waals surface area (Å²) in [6, 6.07) is 2.14. The molecule has 0 radical (unpaired) electrons. The number of nitrogens with two attached hydrogens (primary N) is 1. The summed E-state index contributed by atoms with van der Waals surface area (Å²) >= 11 is 0. The summed E-state index contributed by atoms with van der Waals surface area (Å²) in [5.74, 6) is -5.30. The Kier molecular flexibility index (Phi) is 11.4. The average molecular weight is 548 g/mol. The minimum absolute atomic E-state index is 0.0266. The first kappa shape index (κ1) is 31.2. The third kappa shape index (κ3) is 8.79. The summed E-state index contributed by atoms with van der Waals surface area (Å²) in [5.41, 5.74) is 7.18. The molecule has 39 heavy (non-hydrogen) atoms. The lowest BCUT2D eigenvalue weighted by atomic mass is 9.96. The van der Waals surface area contributed by atoms with Crippen molar-refractivity contribution in [3.8, 4) is 0 Å². The highest BCUT2D eigenvalue weighted by Gasteiger charge is 2.33. The SMILES string of the molecule is CCC(C)C(NC(=O)C(N)C(C)O)C(=O)NC(Cc1c[nH]c2ccccc12)C(=O)NC(CCC(=O)O)C(=O)O. The van der Waals surface area contributed by atoms with Crippen molar-refractivity contribution in [2.75, 3.05) is 0 Å². The van der Waals surface area contributed by atoms with Crippen LogP contribution in [-0.2, 0) is 30.4 Å². The third-order valence-corrected chi connectivity index (χ3v) is 6.61. The Labute approximate surface area is 225 Å². The molecular formula is C26H37N5O8. The minimum Gasteiger partial charge on any atom is -0.481 e. The van der Waals surface area contributed by atoms with Crippen molar-refractivity contribution in [2.45, 2.75) is 76.7 Å². The Morgan fingerprint density at radius 2 is 1.59 bits per heavy atom. The highest BCUT2D eigenvalue weighted by Crippen LogP contribution is 2.20. The van der Waals surface area contributed by atoms with E-state index in [1.54, 1.807) is 19.2 Å². The molecule has 9 N–H and O–H groups in total. The highest BCUT2D eigenvalue weighted by molar-refractivity contribution is 5.95. The monoisotopic (exact) mass is 547 g/mol. The number of amides is 3. The summed E-state index contributed by atoms with van der Waals surface area (Å²) in [5, 5.41) is 36.4. The van der Waals surface area contributed by atoms with E-state index in [0.29, 0.717) is 12.0 Å². The molecule has 0 saturated carbocycles. The number of aliphatic hydroxyl groups is 1. The molecule has 6 atom stereocenters. The van der Waals surface area contributed by atoms with Crippen molar-refractivity contribution in [3.63, 3.8) is 0 Å². The Bertz CT molecular complexity index is 1180. The van der Waals surface area contributed by atoms with Crippen LogP contribution in [0.1, 0.15) is 45.6 Å². The van der Waals surface area contributed by atoms with Crippen molar-refractivity contribution in [1.29, 1.82) is 0 Å². The van der Waals surface area contributed by atoms with Gasteiger partial charge in [0.15, 0.2) is 0 Å². The molecule has 0 fully saturated rings. The van der Waals surface area contributed by atoms with Gasteiger partial charge >= 0.3 is 11.9 Å². The summed E-state index contributed by atoms with van der Waals surface area (Å²) in [6.07, 6.45) is 0.130. The molecular weight excluding hydrogens is 510 g/mol. The van der Waals surface area contributed by atoms with E-state index < -0.39 is 66.4 Å². The Morgan fingerprint density at radius 3 is 2.18 bits per heavy atom. The molecule has 0 saturated heterocycles. The van der Waals surface area contributed by atoms with E-state index in [1.165, 1.54) is 6.92 Å². The first-order chi connectivity index (χ1) is 18.3. The first-order valence-electron chi connectivity index (χ1n) is 12.7. The molecule has 13 nitrogen and oxygen atoms in total. The number of benzene rings is 1. The summed E-state index contributed by atoms with van der Waals surface area (Å²) in [6.45, 7) is 4.87. The lowest BCUT2D eigenvalue weighted by molar-refractivity contribution is -0.143. The van der Waals surface area contributed by atoms with Crippen molar-refractivity contribution >= 4 is 40.6 Å². The predicted octanol–water partition coefficient (Wildman–Crippen LogP) is -0.132. The standard InChI is InChI=1S/C26H37N5O8/c1-4-13(2)22(31-24(36)21(27)14(3)32)25(37)30-19(11-15-12-28-17-8-6-5-7-16(15)17)23(35)29-18(26(38)39)9-10-20(33)34/h5-8,12-14,18-19,21-22,28,32H,4,9-11,27H2,1-3H3,(H,29,35)(H,30,37)(H,31,36)(H,33,34)(H,38,39). The molecule has 13 heteroatoms. The maximum Gasteiger partial charge on any atom is 0.326 e. The lowest BCUT2D eigenvalue weighted by Gasteiger charge is -2.28. The number of fused-ring (bicyclic) bond motifs is 1. The summed E-state index contributed by atoms with van der Waals surface area (Å²) in [4.78, 5) is 64.9. The molecule has 3 amide bonds. The molecule has 0 aliphatic rings. The Hall–Kier alpha value is -3.97. The van der Waals surface area contributed by atoms with Crippen LogP contribution in [0.5, 0.6) is 0 Å². The van der Waals surface area contributed by atoms with Crippen molar-refractivity contribution in [3.05, 3.63) is 36.0 Å². The number of aliphatic hydroxyl groups excluding tert-OH is 1. The predicted molar refractivity (Wildman–Crippen MR) is 141 cm³/mol. The molecule has 0 aliphatic carbocycles. The van der Waals surface area contributed by atoms with Gasteiger partial charge in [0.2, 0.25) is 17.7 Å². The number of aromatic nitrogens is 1. The van der Waals surface area contributed by atoms with Gasteiger partial charge in [-0.2, -0.15) is 0 Å². The van der Waals surface area contributed by atoms with E-state index in [2.05, 4.69) is 20.9 Å². The molecule has 6 unspecified atom stereocenters. The number of hydrogen-bond donors (Lipinski definition) is 8. The number of carbonyl (C=O) groups excluding carboxylic acids is 3. The fourth-order valence-corrected chi connectivity index (χ4v) is 3.96. The zero-order valence-corrected chi connectivity index (χ0v) is 22.1. The van der Waals surface area contributed by atoms with Crippen LogP contribution in [0.25, 0.3) is 10.9 Å². The Balaban J connectivity index is 2.35. The molecule has 0 aliphatic heterocycles. The van der Waals surface area contributed by atoms with Crippen LogP contribution in [0.15, 0.2) is 30.5 Å². The normalized spacial score (nSPS) is 15.8. The minimum atomic E-state index is -1.50. The van der Waals surface area contributed by atoms with Gasteiger partial charge in [-0.05, 0) is 30.9 Å². The van der Waals surface area contributed by atoms with Gasteiger partial charge in [0, 0.05) is 29.9 Å². The van der Waals surface area contributed by atoms with Crippen LogP contribution in [0.2, 0.25) is 0 Å². The van der Waals surface area contributed by atoms with Gasteiger partial charge in [0.1, 0.15) is 24.2 Å². The van der Waals surface area contributed by atoms with Crippen LogP contribution in [0, 0.1) is 5.92 Å². The van der Waals surface area contributed by atoms with E-state index >= 15 is 0 Å². The number of aliphatic carboxylic acids is 2. The molecule has 1 aromatic carbocycles. The summed E-state index contributed by atoms with van der Waals surface area (Å²) in [7, 11) is 0. The van der Waals surface area contributed by atoms with Crippen LogP contribution in [0.3, 0.4) is 0 Å². The van der Waals surface area contributed by atoms with Gasteiger partial charge in [-0.1, -0.05) is 38.5 Å². The molecule has 2 rings (SSSR count). The number of aromatic amines is 1. The average Bonchev–Trinajstić information content (AvgIpc) is 3.30. The largest absolute Gasteiger partial charge is 0.481 e. The second-order valence-corrected chi connectivity index (χ2v) is 9.59. The smallest absolute Gasteiger partial charge is 0.326 e. The zero-order valence-electron chi connectivity index (χ0n) is 22.1. The fraction of sp³-hybridized carbons (Fsp3) is 0.500. The number of carbonyl (C=O) groups is 5. The lowest BCUT2D eigenvalue weighted by Crippen LogP contribution is -2.60. The third-order valence-electron chi connectivity index (χ3n) is 6.61. The molecule has 1 heterocycles. The second kappa shape index (κ2) is 14.3. The number of H-pyrrole nitrogens is 1. The van der Waals surface area contributed by atoms with Gasteiger partial charge in [0.05, 0.1) is 6.10 Å². The molecule has 2 aromatic rings. The number of carboxylic acid groups (broad SMARTS) is 2. The van der Waals surface area contributed by atoms with Crippen LogP contribution in [0.4, 0.5) is 0 Å². The van der Waals surface area contributed by atoms with E-state index in [9.17, 15) is 34.2 Å². The second-order valence-electron chi connectivity index (χ2n) is 9.59. The van der Waals surface area contributed by atoms with E-state index in [0.717, 1.165) is 10.9 Å². The summed E-state index contributed by atoms with van der Waals surface area (Å²) < 4.78 is 0. The van der Waals surface area contributed by atoms with Gasteiger partial charge < -0.3 is 42.0 Å². The fourth-order valence-electron chi connectivity index (χ4n) is 3.96. The van der Waals surface area contributed by atoms with Crippen LogP contribution >= 0.6 is 0 Å². The van der Waals surface area contributed by atoms with Crippen molar-refractivity contribution < 1.29 is 39.3 Å². The van der Waals surface area contributed by atoms with Crippen LogP contribution in [-0.4, -0.2) is 80.2 Å². The number of nitrogens with one attached hydrogen (secondary N) is 4. The van der Waals surface area contributed by atoms with E-state index in [-0.39, 0.29) is 18.8 Å². The molecule has 214 valence electrons. The van der Waals surface area contributed by atoms with Gasteiger partial charge in [-0.25, -0.2) is 4.79 Å².